The minimum Gasteiger partial charge on any atom is -0.495 e. The maximum atomic E-state index is 12.1. The van der Waals surface area contributed by atoms with Gasteiger partial charge in [0.2, 0.25) is 0 Å². The molecule has 2 atom stereocenters. The highest BCUT2D eigenvalue weighted by molar-refractivity contribution is 6.41. The summed E-state index contributed by atoms with van der Waals surface area (Å²) in [5.41, 5.74) is 0.706. The first-order valence-electron chi connectivity index (χ1n) is 13.3. The quantitative estimate of drug-likeness (QED) is 0.311. The summed E-state index contributed by atoms with van der Waals surface area (Å²) in [5, 5.41) is 4.82. The molecule has 4 heterocycles. The minimum atomic E-state index is -0.301. The Morgan fingerprint density at radius 2 is 1.90 bits per heavy atom. The van der Waals surface area contributed by atoms with Gasteiger partial charge in [0.25, 0.3) is 0 Å². The van der Waals surface area contributed by atoms with Gasteiger partial charge >= 0.3 is 0 Å². The number of carbonyl (C=O) groups is 1. The molecule has 2 aromatic heterocycles. The van der Waals surface area contributed by atoms with Crippen molar-refractivity contribution < 1.29 is 23.7 Å². The van der Waals surface area contributed by atoms with Crippen molar-refractivity contribution in [2.24, 2.45) is 5.92 Å². The molecule has 2 saturated heterocycles. The molecule has 0 aliphatic carbocycles. The van der Waals surface area contributed by atoms with Gasteiger partial charge in [-0.15, -0.1) is 0 Å². The van der Waals surface area contributed by atoms with Crippen LogP contribution in [-0.2, 0) is 14.3 Å². The van der Waals surface area contributed by atoms with Gasteiger partial charge in [-0.3, -0.25) is 4.79 Å². The molecule has 1 aromatic carbocycles. The maximum Gasteiger partial charge on any atom is 0.165 e. The molecule has 2 aliphatic heterocycles. The molecule has 0 spiro atoms. The summed E-state index contributed by atoms with van der Waals surface area (Å²) in [7, 11) is 4.74. The largest absolute Gasteiger partial charge is 0.495 e. The zero-order chi connectivity index (χ0) is 29.3. The molecule has 0 saturated carbocycles. The molecule has 12 heteroatoms. The van der Waals surface area contributed by atoms with Crippen LogP contribution in [0, 0.1) is 5.92 Å². The number of aromatic nitrogens is 3. The van der Waals surface area contributed by atoms with E-state index < -0.39 is 0 Å². The molecule has 0 radical (unpaired) electrons. The smallest absolute Gasteiger partial charge is 0.165 e. The fraction of sp³-hybridized carbons (Fsp3) is 0.448. The summed E-state index contributed by atoms with van der Waals surface area (Å²) >= 11 is 13.4. The Morgan fingerprint density at radius 1 is 1.20 bits per heavy atom. The zero-order valence-electron chi connectivity index (χ0n) is 23.5. The van der Waals surface area contributed by atoms with Crippen LogP contribution in [0.15, 0.2) is 31.0 Å². The van der Waals surface area contributed by atoms with Crippen LogP contribution in [0.1, 0.15) is 19.8 Å². The molecule has 2 fully saturated rings. The monoisotopic (exact) mass is 601 g/mol. The number of fused-ring (bicyclic) bond motifs is 1. The standard InChI is InChI=1S/C29H33Cl2N5O5/c1-6-17(37)9-16-7-8-41-13-20(16)33-23-10-18-19(12-32-23)34-27(35-28(18)36-14-29(2,15-36)40-5)24-25(30)21(38-3)11-22(39-4)26(24)31/h6,10-12,16,20H,1,7-9,13-15H2,2-5H3,(H,32,33)/t16-,20-/m1/s1. The van der Waals surface area contributed by atoms with Crippen LogP contribution in [0.25, 0.3) is 22.3 Å². The fourth-order valence-electron chi connectivity index (χ4n) is 5.29. The molecular weight excluding hydrogens is 569 g/mol. The van der Waals surface area contributed by atoms with E-state index >= 15 is 0 Å². The molecule has 10 nitrogen and oxygen atoms in total. The van der Waals surface area contributed by atoms with Gasteiger partial charge in [0.15, 0.2) is 11.6 Å². The molecule has 1 N–H and O–H groups in total. The first-order chi connectivity index (χ1) is 19.7. The van der Waals surface area contributed by atoms with Gasteiger partial charge in [0, 0.05) is 44.7 Å². The number of hydrogen-bond acceptors (Lipinski definition) is 10. The van der Waals surface area contributed by atoms with E-state index in [-0.39, 0.29) is 33.4 Å². The Hall–Kier alpha value is -3.18. The van der Waals surface area contributed by atoms with Crippen molar-refractivity contribution in [3.8, 4) is 22.9 Å². The van der Waals surface area contributed by atoms with Gasteiger partial charge < -0.3 is 29.2 Å². The summed E-state index contributed by atoms with van der Waals surface area (Å²) in [6.45, 7) is 8.02. The molecule has 5 rings (SSSR count). The minimum absolute atomic E-state index is 0.0175. The Balaban J connectivity index is 1.58. The van der Waals surface area contributed by atoms with E-state index in [1.807, 2.05) is 6.07 Å². The number of nitrogens with one attached hydrogen (secondary N) is 1. The third-order valence-electron chi connectivity index (χ3n) is 7.73. The lowest BCUT2D eigenvalue weighted by Gasteiger charge is -2.47. The number of ether oxygens (including phenoxy) is 4. The number of halogens is 2. The molecule has 218 valence electrons. The van der Waals surface area contributed by atoms with E-state index in [1.54, 1.807) is 19.4 Å². The lowest BCUT2D eigenvalue weighted by Crippen LogP contribution is -2.61. The van der Waals surface area contributed by atoms with Crippen LogP contribution >= 0.6 is 23.2 Å². The summed E-state index contributed by atoms with van der Waals surface area (Å²) in [4.78, 5) is 28.6. The van der Waals surface area contributed by atoms with Crippen molar-refractivity contribution in [2.45, 2.75) is 31.4 Å². The first kappa shape index (κ1) is 29.3. The lowest BCUT2D eigenvalue weighted by molar-refractivity contribution is -0.116. The van der Waals surface area contributed by atoms with Gasteiger partial charge in [-0.05, 0) is 31.4 Å². The third kappa shape index (κ3) is 5.79. The summed E-state index contributed by atoms with van der Waals surface area (Å²) in [6.07, 6.45) is 4.25. The highest BCUT2D eigenvalue weighted by Gasteiger charge is 2.41. The number of benzene rings is 1. The first-order valence-corrected chi connectivity index (χ1v) is 14.0. The van der Waals surface area contributed by atoms with E-state index in [0.717, 1.165) is 11.8 Å². The van der Waals surface area contributed by atoms with Gasteiger partial charge in [-0.25, -0.2) is 15.0 Å². The predicted octanol–water partition coefficient (Wildman–Crippen LogP) is 5.20. The number of methoxy groups -OCH3 is 3. The van der Waals surface area contributed by atoms with Gasteiger partial charge in [0.1, 0.15) is 23.1 Å². The van der Waals surface area contributed by atoms with E-state index in [0.29, 0.717) is 72.8 Å². The number of anilines is 2. The van der Waals surface area contributed by atoms with E-state index in [1.165, 1.54) is 20.3 Å². The van der Waals surface area contributed by atoms with Crippen LogP contribution < -0.4 is 19.7 Å². The van der Waals surface area contributed by atoms with Crippen LogP contribution in [-0.4, -0.2) is 80.0 Å². The second-order valence-corrected chi connectivity index (χ2v) is 11.3. The summed E-state index contributed by atoms with van der Waals surface area (Å²) in [6, 6.07) is 3.47. The highest BCUT2D eigenvalue weighted by Crippen LogP contribution is 2.46. The normalized spacial score (nSPS) is 19.9. The molecule has 0 amide bonds. The van der Waals surface area contributed by atoms with Crippen molar-refractivity contribution in [1.82, 2.24) is 15.0 Å². The molecular formula is C29H33Cl2N5O5. The van der Waals surface area contributed by atoms with E-state index in [4.69, 9.17) is 52.1 Å². The topological polar surface area (TPSA) is 108 Å². The third-order valence-corrected chi connectivity index (χ3v) is 8.48. The zero-order valence-corrected chi connectivity index (χ0v) is 25.0. The highest BCUT2D eigenvalue weighted by atomic mass is 35.5. The number of nitrogens with zero attached hydrogens (tertiary/aromatic N) is 4. The Kier molecular flexibility index (Phi) is 8.56. The lowest BCUT2D eigenvalue weighted by atomic mass is 9.89. The van der Waals surface area contributed by atoms with Crippen molar-refractivity contribution in [3.63, 3.8) is 0 Å². The average Bonchev–Trinajstić information content (AvgIpc) is 2.96. The van der Waals surface area contributed by atoms with Crippen LogP contribution in [0.4, 0.5) is 11.6 Å². The number of hydrogen-bond donors (Lipinski definition) is 1. The number of ketones is 1. The van der Waals surface area contributed by atoms with Crippen molar-refractivity contribution in [1.29, 1.82) is 0 Å². The molecule has 41 heavy (non-hydrogen) atoms. The Labute approximate surface area is 248 Å². The molecule has 0 unspecified atom stereocenters. The number of allylic oxidation sites excluding steroid dienone is 1. The average molecular weight is 603 g/mol. The van der Waals surface area contributed by atoms with Gasteiger partial charge in [-0.2, -0.15) is 0 Å². The molecule has 2 aliphatic rings. The summed E-state index contributed by atoms with van der Waals surface area (Å²) in [5.74, 6) is 2.55. The SMILES string of the molecule is C=CC(=O)C[C@H]1CCOC[C@H]1Nc1cc2c(N3CC(C)(OC)C3)nc(-c3c(Cl)c(OC)cc(OC)c3Cl)nc2cn1. The molecule has 0 bridgehead atoms. The van der Waals surface area contributed by atoms with Crippen LogP contribution in [0.5, 0.6) is 11.5 Å². The van der Waals surface area contributed by atoms with Crippen LogP contribution in [0.3, 0.4) is 0 Å². The predicted molar refractivity (Wildman–Crippen MR) is 160 cm³/mol. The van der Waals surface area contributed by atoms with E-state index in [2.05, 4.69) is 28.7 Å². The maximum absolute atomic E-state index is 12.1. The van der Waals surface area contributed by atoms with Crippen LogP contribution in [0.2, 0.25) is 10.0 Å². The van der Waals surface area contributed by atoms with Crippen molar-refractivity contribution in [2.75, 3.05) is 57.8 Å². The summed E-state index contributed by atoms with van der Waals surface area (Å²) < 4.78 is 22.3. The van der Waals surface area contributed by atoms with Crippen molar-refractivity contribution in [3.05, 3.63) is 41.0 Å². The number of rotatable bonds is 10. The second kappa shape index (κ2) is 12.0. The Bertz CT molecular complexity index is 1450. The second-order valence-electron chi connectivity index (χ2n) is 10.5. The number of carbonyl (C=O) groups excluding carboxylic acids is 1. The van der Waals surface area contributed by atoms with Crippen molar-refractivity contribution >= 4 is 51.5 Å². The Morgan fingerprint density at radius 3 is 2.54 bits per heavy atom. The van der Waals surface area contributed by atoms with E-state index in [9.17, 15) is 4.79 Å². The molecule has 3 aromatic rings. The fourth-order valence-corrected chi connectivity index (χ4v) is 5.96. The van der Waals surface area contributed by atoms with Gasteiger partial charge in [-0.1, -0.05) is 29.8 Å². The number of pyridine rings is 1. The van der Waals surface area contributed by atoms with Gasteiger partial charge in [0.05, 0.1) is 59.8 Å².